The topological polar surface area (TPSA) is 64.8 Å². The molecule has 3 atom stereocenters. The molecule has 0 aromatic rings. The molecule has 5 heteroatoms. The molecule has 0 aromatic carbocycles. The molecule has 1 saturated heterocycles. The molecule has 1 aliphatic heterocycles. The van der Waals surface area contributed by atoms with Crippen molar-refractivity contribution in [3.05, 3.63) is 0 Å². The number of carbonyl (C=O) groups excluding carboxylic acids is 1. The first-order valence-corrected chi connectivity index (χ1v) is 7.67. The van der Waals surface area contributed by atoms with E-state index in [1.54, 1.807) is 0 Å². The van der Waals surface area contributed by atoms with Gasteiger partial charge in [0.2, 0.25) is 5.91 Å². The first-order valence-electron chi connectivity index (χ1n) is 7.67. The average Bonchev–Trinajstić information content (AvgIpc) is 2.45. The van der Waals surface area contributed by atoms with E-state index >= 15 is 0 Å². The monoisotopic (exact) mass is 284 g/mol. The molecule has 3 unspecified atom stereocenters. The third-order valence-corrected chi connectivity index (χ3v) is 5.17. The van der Waals surface area contributed by atoms with Crippen molar-refractivity contribution in [2.45, 2.75) is 58.2 Å². The van der Waals surface area contributed by atoms with Crippen LogP contribution in [0, 0.1) is 5.41 Å². The lowest BCUT2D eigenvalue weighted by molar-refractivity contribution is -0.185. The van der Waals surface area contributed by atoms with Crippen molar-refractivity contribution in [1.82, 2.24) is 4.90 Å². The summed E-state index contributed by atoms with van der Waals surface area (Å²) in [5.41, 5.74) is 5.35. The van der Waals surface area contributed by atoms with E-state index in [-0.39, 0.29) is 23.5 Å². The van der Waals surface area contributed by atoms with Gasteiger partial charge in [-0.25, -0.2) is 0 Å². The van der Waals surface area contributed by atoms with Crippen LogP contribution in [0.2, 0.25) is 0 Å². The van der Waals surface area contributed by atoms with E-state index in [2.05, 4.69) is 6.92 Å². The summed E-state index contributed by atoms with van der Waals surface area (Å²) in [5.74, 6) is 0.0635. The second-order valence-electron chi connectivity index (χ2n) is 6.48. The van der Waals surface area contributed by atoms with Gasteiger partial charge in [0.15, 0.2) is 0 Å². The van der Waals surface area contributed by atoms with E-state index in [0.717, 1.165) is 6.42 Å². The molecule has 116 valence electrons. The van der Waals surface area contributed by atoms with Crippen molar-refractivity contribution in [2.24, 2.45) is 11.1 Å². The van der Waals surface area contributed by atoms with E-state index in [9.17, 15) is 4.79 Å². The number of hydrogen-bond donors (Lipinski definition) is 1. The minimum atomic E-state index is -0.808. The predicted molar refractivity (Wildman–Crippen MR) is 77.3 cm³/mol. The predicted octanol–water partition coefficient (Wildman–Crippen LogP) is 1.16. The summed E-state index contributed by atoms with van der Waals surface area (Å²) in [5, 5.41) is 0. The van der Waals surface area contributed by atoms with Crippen LogP contribution in [0.25, 0.3) is 0 Å². The van der Waals surface area contributed by atoms with Crippen LogP contribution in [0.1, 0.15) is 40.5 Å². The second-order valence-corrected chi connectivity index (χ2v) is 6.48. The van der Waals surface area contributed by atoms with Crippen LogP contribution < -0.4 is 5.73 Å². The Balaban J connectivity index is 2.12. The Morgan fingerprint density at radius 1 is 1.45 bits per heavy atom. The Bertz CT molecular complexity index is 372. The normalized spacial score (nSPS) is 36.5. The van der Waals surface area contributed by atoms with Crippen molar-refractivity contribution in [3.63, 3.8) is 0 Å². The maximum atomic E-state index is 12.9. The first kappa shape index (κ1) is 15.7. The van der Waals surface area contributed by atoms with E-state index < -0.39 is 5.54 Å². The Hall–Kier alpha value is -0.650. The molecule has 2 rings (SSSR count). The highest BCUT2D eigenvalue weighted by Crippen LogP contribution is 2.50. The number of carbonyl (C=O) groups is 1. The van der Waals surface area contributed by atoms with E-state index in [4.69, 9.17) is 15.2 Å². The number of nitrogens with zero attached hydrogens (tertiary/aromatic N) is 1. The molecule has 20 heavy (non-hydrogen) atoms. The molecule has 0 radical (unpaired) electrons. The van der Waals surface area contributed by atoms with Crippen LogP contribution in [-0.4, -0.2) is 54.9 Å². The van der Waals surface area contributed by atoms with E-state index in [1.807, 2.05) is 25.7 Å². The minimum absolute atomic E-state index is 0.0635. The number of nitrogens with two attached hydrogens (primary N) is 1. The molecule has 1 heterocycles. The average molecular weight is 284 g/mol. The summed E-state index contributed by atoms with van der Waals surface area (Å²) in [6.45, 7) is 10.7. The molecule has 2 aliphatic rings. The highest BCUT2D eigenvalue weighted by atomic mass is 16.5. The minimum Gasteiger partial charge on any atom is -0.378 e. The zero-order valence-electron chi connectivity index (χ0n) is 13.1. The smallest absolute Gasteiger partial charge is 0.243 e. The SMILES string of the molecule is CCOC1CC(N)(C(=O)N2CCOCC2CC)C1(C)C. The van der Waals surface area contributed by atoms with Gasteiger partial charge < -0.3 is 20.1 Å². The molecule has 2 fully saturated rings. The molecule has 1 aliphatic carbocycles. The highest BCUT2D eigenvalue weighted by Gasteiger charge is 2.64. The van der Waals surface area contributed by atoms with Gasteiger partial charge in [-0.1, -0.05) is 20.8 Å². The van der Waals surface area contributed by atoms with Crippen LogP contribution in [0.15, 0.2) is 0 Å². The summed E-state index contributed by atoms with van der Waals surface area (Å²) in [6.07, 6.45) is 1.58. The molecular weight excluding hydrogens is 256 g/mol. The van der Waals surface area contributed by atoms with Crippen LogP contribution in [0.3, 0.4) is 0 Å². The van der Waals surface area contributed by atoms with Crippen molar-refractivity contribution in [3.8, 4) is 0 Å². The highest BCUT2D eigenvalue weighted by molar-refractivity contribution is 5.89. The number of rotatable bonds is 4. The molecule has 1 saturated carbocycles. The molecule has 1 amide bonds. The lowest BCUT2D eigenvalue weighted by Crippen LogP contribution is -2.77. The second kappa shape index (κ2) is 5.62. The summed E-state index contributed by atoms with van der Waals surface area (Å²) < 4.78 is 11.2. The van der Waals surface area contributed by atoms with Crippen LogP contribution >= 0.6 is 0 Å². The molecule has 2 N–H and O–H groups in total. The van der Waals surface area contributed by atoms with E-state index in [0.29, 0.717) is 32.8 Å². The largest absolute Gasteiger partial charge is 0.378 e. The van der Waals surface area contributed by atoms with Crippen molar-refractivity contribution in [2.75, 3.05) is 26.4 Å². The standard InChI is InChI=1S/C15H28N2O3/c1-5-11-10-19-8-7-17(11)13(18)15(16)9-12(20-6-2)14(15,3)4/h11-12H,5-10,16H2,1-4H3. The Morgan fingerprint density at radius 2 is 2.15 bits per heavy atom. The van der Waals surface area contributed by atoms with Gasteiger partial charge in [-0.3, -0.25) is 4.79 Å². The lowest BCUT2D eigenvalue weighted by atomic mass is 9.54. The van der Waals surface area contributed by atoms with Crippen LogP contribution in [0.5, 0.6) is 0 Å². The molecule has 5 nitrogen and oxygen atoms in total. The zero-order valence-corrected chi connectivity index (χ0v) is 13.1. The fraction of sp³-hybridized carbons (Fsp3) is 0.933. The van der Waals surface area contributed by atoms with Gasteiger partial charge in [0.25, 0.3) is 0 Å². The van der Waals surface area contributed by atoms with Crippen molar-refractivity contribution >= 4 is 5.91 Å². The third-order valence-electron chi connectivity index (χ3n) is 5.17. The molecule has 0 spiro atoms. The molecule has 0 aromatic heterocycles. The molecule has 0 bridgehead atoms. The quantitative estimate of drug-likeness (QED) is 0.841. The van der Waals surface area contributed by atoms with Gasteiger partial charge in [0.1, 0.15) is 5.54 Å². The summed E-state index contributed by atoms with van der Waals surface area (Å²) >= 11 is 0. The molecular formula is C15H28N2O3. The summed E-state index contributed by atoms with van der Waals surface area (Å²) in [4.78, 5) is 14.9. The lowest BCUT2D eigenvalue weighted by Gasteiger charge is -2.59. The van der Waals surface area contributed by atoms with Gasteiger partial charge in [-0.2, -0.15) is 0 Å². The first-order chi connectivity index (χ1) is 9.38. The van der Waals surface area contributed by atoms with Gasteiger partial charge >= 0.3 is 0 Å². The van der Waals surface area contributed by atoms with Crippen molar-refractivity contribution < 1.29 is 14.3 Å². The number of morpholine rings is 1. The Kier molecular flexibility index (Phi) is 4.42. The summed E-state index contributed by atoms with van der Waals surface area (Å²) in [7, 11) is 0. The van der Waals surface area contributed by atoms with Crippen molar-refractivity contribution in [1.29, 1.82) is 0 Å². The Morgan fingerprint density at radius 3 is 2.70 bits per heavy atom. The van der Waals surface area contributed by atoms with Gasteiger partial charge in [0.05, 0.1) is 25.4 Å². The van der Waals surface area contributed by atoms with Crippen LogP contribution in [0.4, 0.5) is 0 Å². The number of ether oxygens (including phenoxy) is 2. The maximum Gasteiger partial charge on any atom is 0.243 e. The van der Waals surface area contributed by atoms with E-state index in [1.165, 1.54) is 0 Å². The van der Waals surface area contributed by atoms with Gasteiger partial charge in [-0.15, -0.1) is 0 Å². The van der Waals surface area contributed by atoms with Gasteiger partial charge in [-0.05, 0) is 13.3 Å². The Labute approximate surface area is 121 Å². The zero-order chi connectivity index (χ0) is 15.0. The maximum absolute atomic E-state index is 12.9. The summed E-state index contributed by atoms with van der Waals surface area (Å²) in [6, 6.07) is 0.151. The van der Waals surface area contributed by atoms with Gasteiger partial charge in [0, 0.05) is 25.0 Å². The van der Waals surface area contributed by atoms with Crippen LogP contribution in [-0.2, 0) is 14.3 Å². The fourth-order valence-corrected chi connectivity index (χ4v) is 3.31. The number of hydrogen-bond acceptors (Lipinski definition) is 4. The third kappa shape index (κ3) is 2.26. The fourth-order valence-electron chi connectivity index (χ4n) is 3.31. The number of amides is 1.